The van der Waals surface area contributed by atoms with Gasteiger partial charge in [-0.05, 0) is 27.6 Å². The van der Waals surface area contributed by atoms with Crippen molar-refractivity contribution < 1.29 is 9.59 Å². The minimum absolute atomic E-state index is 0.0350. The first kappa shape index (κ1) is 19.7. The molecule has 0 fully saturated rings. The summed E-state index contributed by atoms with van der Waals surface area (Å²) in [7, 11) is 0. The highest BCUT2D eigenvalue weighted by Crippen LogP contribution is 2.27. The van der Waals surface area contributed by atoms with Crippen LogP contribution in [0.4, 0.5) is 5.13 Å². The first-order chi connectivity index (χ1) is 14.6. The molecule has 150 valence electrons. The summed E-state index contributed by atoms with van der Waals surface area (Å²) in [4.78, 5) is 23.6. The third-order valence-electron chi connectivity index (χ3n) is 4.54. The summed E-state index contributed by atoms with van der Waals surface area (Å²) < 4.78 is 0. The van der Waals surface area contributed by atoms with Crippen LogP contribution in [-0.2, 0) is 16.0 Å². The smallest absolute Gasteiger partial charge is 0.247 e. The summed E-state index contributed by atoms with van der Waals surface area (Å²) in [5, 5.41) is 19.8. The molecule has 0 spiro atoms. The van der Waals surface area contributed by atoms with E-state index >= 15 is 0 Å². The fraction of sp³-hybridized carbons (Fsp3) is 0.136. The standard InChI is InChI=1S/C22H19N5O2S/c1-2-19(28)24-22-27-26-21(30-22)12-20(29)25-23-13-18-16-9-5-3-7-14(16)11-15-8-4-6-10-17(15)18/h3-11,13H,2,12H2,1H3,(H,25,29)(H,24,27,28)/b23-13-. The van der Waals surface area contributed by atoms with Gasteiger partial charge in [-0.15, -0.1) is 10.2 Å². The van der Waals surface area contributed by atoms with Crippen LogP contribution in [0.15, 0.2) is 59.7 Å². The van der Waals surface area contributed by atoms with Gasteiger partial charge in [0.25, 0.3) is 0 Å². The van der Waals surface area contributed by atoms with Gasteiger partial charge in [-0.25, -0.2) is 5.43 Å². The van der Waals surface area contributed by atoms with Crippen molar-refractivity contribution in [3.63, 3.8) is 0 Å². The summed E-state index contributed by atoms with van der Waals surface area (Å²) in [6.07, 6.45) is 2.07. The van der Waals surface area contributed by atoms with E-state index in [1.54, 1.807) is 13.1 Å². The van der Waals surface area contributed by atoms with Crippen molar-refractivity contribution >= 4 is 56.0 Å². The number of nitrogens with zero attached hydrogens (tertiary/aromatic N) is 3. The van der Waals surface area contributed by atoms with Crippen LogP contribution in [0, 0.1) is 0 Å². The Labute approximate surface area is 176 Å². The van der Waals surface area contributed by atoms with Crippen molar-refractivity contribution in [2.45, 2.75) is 19.8 Å². The molecule has 0 radical (unpaired) electrons. The van der Waals surface area contributed by atoms with Gasteiger partial charge in [0.15, 0.2) is 0 Å². The molecule has 7 nitrogen and oxygen atoms in total. The minimum atomic E-state index is -0.305. The number of anilines is 1. The van der Waals surface area contributed by atoms with Crippen LogP contribution >= 0.6 is 11.3 Å². The number of benzene rings is 3. The lowest BCUT2D eigenvalue weighted by molar-refractivity contribution is -0.120. The van der Waals surface area contributed by atoms with Crippen molar-refractivity contribution in [2.75, 3.05) is 5.32 Å². The van der Waals surface area contributed by atoms with Crippen LogP contribution in [0.2, 0.25) is 0 Å². The number of rotatable bonds is 6. The second-order valence-electron chi connectivity index (χ2n) is 6.61. The molecule has 30 heavy (non-hydrogen) atoms. The average Bonchev–Trinajstić information content (AvgIpc) is 3.19. The number of fused-ring (bicyclic) bond motifs is 2. The fourth-order valence-corrected chi connectivity index (χ4v) is 3.87. The van der Waals surface area contributed by atoms with E-state index in [0.29, 0.717) is 16.6 Å². The number of hydrogen-bond acceptors (Lipinski definition) is 6. The molecular formula is C22H19N5O2S. The van der Waals surface area contributed by atoms with E-state index in [1.165, 1.54) is 11.3 Å². The molecule has 0 aliphatic carbocycles. The van der Waals surface area contributed by atoms with Crippen LogP contribution < -0.4 is 10.7 Å². The Morgan fingerprint density at radius 2 is 1.67 bits per heavy atom. The highest BCUT2D eigenvalue weighted by Gasteiger charge is 2.11. The number of nitrogens with one attached hydrogen (secondary N) is 2. The summed E-state index contributed by atoms with van der Waals surface area (Å²) >= 11 is 1.17. The Morgan fingerprint density at radius 1 is 1.00 bits per heavy atom. The van der Waals surface area contributed by atoms with E-state index in [4.69, 9.17) is 0 Å². The van der Waals surface area contributed by atoms with E-state index in [9.17, 15) is 9.59 Å². The third-order valence-corrected chi connectivity index (χ3v) is 5.38. The van der Waals surface area contributed by atoms with Gasteiger partial charge in [-0.2, -0.15) is 5.10 Å². The molecule has 0 saturated carbocycles. The number of hydrazone groups is 1. The number of hydrogen-bond donors (Lipinski definition) is 2. The van der Waals surface area contributed by atoms with E-state index < -0.39 is 0 Å². The molecule has 1 aromatic heterocycles. The molecule has 3 aromatic carbocycles. The molecule has 2 N–H and O–H groups in total. The lowest BCUT2D eigenvalue weighted by Crippen LogP contribution is -2.19. The van der Waals surface area contributed by atoms with Gasteiger partial charge < -0.3 is 5.32 Å². The third kappa shape index (κ3) is 4.33. The van der Waals surface area contributed by atoms with E-state index in [-0.39, 0.29) is 18.2 Å². The molecule has 0 unspecified atom stereocenters. The van der Waals surface area contributed by atoms with Gasteiger partial charge in [0, 0.05) is 12.0 Å². The van der Waals surface area contributed by atoms with Gasteiger partial charge in [0.2, 0.25) is 16.9 Å². The summed E-state index contributed by atoms with van der Waals surface area (Å²) in [5.41, 5.74) is 3.50. The number of carbonyl (C=O) groups excluding carboxylic acids is 2. The Bertz CT molecular complexity index is 1210. The molecule has 0 bridgehead atoms. The second-order valence-corrected chi connectivity index (χ2v) is 7.67. The topological polar surface area (TPSA) is 96.3 Å². The lowest BCUT2D eigenvalue weighted by atomic mass is 9.97. The van der Waals surface area contributed by atoms with Crippen molar-refractivity contribution in [1.29, 1.82) is 0 Å². The Morgan fingerprint density at radius 3 is 2.33 bits per heavy atom. The van der Waals surface area contributed by atoms with Crippen LogP contribution in [0.25, 0.3) is 21.5 Å². The van der Waals surface area contributed by atoms with Crippen molar-refractivity contribution in [3.05, 3.63) is 65.2 Å². The summed E-state index contributed by atoms with van der Waals surface area (Å²) in [5.74, 6) is -0.450. The zero-order valence-corrected chi connectivity index (χ0v) is 17.1. The highest BCUT2D eigenvalue weighted by molar-refractivity contribution is 7.15. The first-order valence-corrected chi connectivity index (χ1v) is 10.3. The van der Waals surface area contributed by atoms with Gasteiger partial charge in [0.1, 0.15) is 5.01 Å². The molecule has 0 aliphatic rings. The zero-order valence-electron chi connectivity index (χ0n) is 16.3. The van der Waals surface area contributed by atoms with Crippen LogP contribution in [-0.4, -0.2) is 28.2 Å². The van der Waals surface area contributed by atoms with E-state index in [2.05, 4.69) is 44.2 Å². The molecule has 0 atom stereocenters. The molecular weight excluding hydrogens is 398 g/mol. The van der Waals surface area contributed by atoms with Gasteiger partial charge >= 0.3 is 0 Å². The Balaban J connectivity index is 1.50. The normalized spacial score (nSPS) is 11.2. The maximum Gasteiger partial charge on any atom is 0.247 e. The predicted molar refractivity (Wildman–Crippen MR) is 120 cm³/mol. The monoisotopic (exact) mass is 417 g/mol. The second kappa shape index (κ2) is 8.79. The Hall–Kier alpha value is -3.65. The summed E-state index contributed by atoms with van der Waals surface area (Å²) in [6, 6.07) is 18.3. The van der Waals surface area contributed by atoms with E-state index in [1.807, 2.05) is 36.4 Å². The SMILES string of the molecule is CCC(=O)Nc1nnc(CC(=O)N/N=C\c2c3ccccc3cc3ccccc23)s1. The van der Waals surface area contributed by atoms with Crippen molar-refractivity contribution in [2.24, 2.45) is 5.10 Å². The highest BCUT2D eigenvalue weighted by atomic mass is 32.1. The number of amides is 2. The maximum atomic E-state index is 12.2. The zero-order chi connectivity index (χ0) is 20.9. The first-order valence-electron chi connectivity index (χ1n) is 9.48. The van der Waals surface area contributed by atoms with Gasteiger partial charge in [0.05, 0.1) is 12.6 Å². The largest absolute Gasteiger partial charge is 0.301 e. The summed E-state index contributed by atoms with van der Waals surface area (Å²) in [6.45, 7) is 1.75. The average molecular weight is 417 g/mol. The quantitative estimate of drug-likeness (QED) is 0.283. The molecule has 4 aromatic rings. The van der Waals surface area contributed by atoms with Gasteiger partial charge in [-0.1, -0.05) is 66.8 Å². The number of aromatic nitrogens is 2. The van der Waals surface area contributed by atoms with E-state index in [0.717, 1.165) is 27.1 Å². The fourth-order valence-electron chi connectivity index (χ4n) is 3.12. The maximum absolute atomic E-state index is 12.2. The van der Waals surface area contributed by atoms with Crippen molar-refractivity contribution in [3.8, 4) is 0 Å². The molecule has 4 rings (SSSR count). The predicted octanol–water partition coefficient (Wildman–Crippen LogP) is 3.89. The molecule has 0 aliphatic heterocycles. The van der Waals surface area contributed by atoms with Crippen LogP contribution in [0.5, 0.6) is 0 Å². The van der Waals surface area contributed by atoms with Crippen LogP contribution in [0.1, 0.15) is 23.9 Å². The molecule has 1 heterocycles. The molecule has 2 amide bonds. The number of carbonyl (C=O) groups is 2. The molecule has 8 heteroatoms. The lowest BCUT2D eigenvalue weighted by Gasteiger charge is -2.07. The molecule has 0 saturated heterocycles. The minimum Gasteiger partial charge on any atom is -0.301 e. The van der Waals surface area contributed by atoms with Crippen molar-refractivity contribution in [1.82, 2.24) is 15.6 Å². The van der Waals surface area contributed by atoms with Gasteiger partial charge in [-0.3, -0.25) is 9.59 Å². The van der Waals surface area contributed by atoms with Crippen LogP contribution in [0.3, 0.4) is 0 Å². The Kier molecular flexibility index (Phi) is 5.76.